The van der Waals surface area contributed by atoms with E-state index in [9.17, 15) is 14.7 Å². The third kappa shape index (κ3) is 5.19. The number of hydrogen-bond acceptors (Lipinski definition) is 7. The zero-order chi connectivity index (χ0) is 27.5. The predicted octanol–water partition coefficient (Wildman–Crippen LogP) is 5.21. The van der Waals surface area contributed by atoms with Gasteiger partial charge in [-0.05, 0) is 72.5 Å². The van der Waals surface area contributed by atoms with Crippen LogP contribution in [0.1, 0.15) is 55.0 Å². The number of unbranched alkanes of at least 4 members (excludes halogenated alkanes) is 1. The molecule has 2 aliphatic heterocycles. The first-order valence-corrected chi connectivity index (χ1v) is 13.2. The average Bonchev–Trinajstić information content (AvgIpc) is 3.44. The van der Waals surface area contributed by atoms with Crippen LogP contribution < -0.4 is 14.2 Å². The lowest BCUT2D eigenvalue weighted by atomic mass is 9.94. The van der Waals surface area contributed by atoms with Gasteiger partial charge in [0.05, 0.1) is 25.3 Å². The maximum atomic E-state index is 13.5. The van der Waals surface area contributed by atoms with Crippen molar-refractivity contribution < 1.29 is 28.9 Å². The summed E-state index contributed by atoms with van der Waals surface area (Å²) in [6.07, 6.45) is 5.92. The van der Waals surface area contributed by atoms with E-state index in [-0.39, 0.29) is 24.0 Å². The molecule has 8 heteroatoms. The number of methoxy groups -OCH3 is 1. The first-order valence-electron chi connectivity index (χ1n) is 13.2. The zero-order valence-corrected chi connectivity index (χ0v) is 22.3. The molecule has 0 bridgehead atoms. The number of benzene rings is 2. The van der Waals surface area contributed by atoms with Crippen molar-refractivity contribution in [2.24, 2.45) is 0 Å². The summed E-state index contributed by atoms with van der Waals surface area (Å²) in [7, 11) is 1.55. The highest BCUT2D eigenvalue weighted by molar-refractivity contribution is 6.46. The number of carbonyl (C=O) groups is 2. The monoisotopic (exact) mass is 528 g/mol. The van der Waals surface area contributed by atoms with Crippen molar-refractivity contribution in [1.82, 2.24) is 9.88 Å². The van der Waals surface area contributed by atoms with Crippen LogP contribution in [-0.2, 0) is 22.6 Å². The van der Waals surface area contributed by atoms with Gasteiger partial charge in [-0.3, -0.25) is 14.6 Å². The van der Waals surface area contributed by atoms with Gasteiger partial charge in [0.25, 0.3) is 11.7 Å². The molecule has 0 aliphatic carbocycles. The summed E-state index contributed by atoms with van der Waals surface area (Å²) in [4.78, 5) is 32.4. The fourth-order valence-corrected chi connectivity index (χ4v) is 5.10. The van der Waals surface area contributed by atoms with Gasteiger partial charge in [-0.15, -0.1) is 0 Å². The second kappa shape index (κ2) is 11.2. The quantitative estimate of drug-likeness (QED) is 0.176. The Morgan fingerprint density at radius 2 is 1.90 bits per heavy atom. The van der Waals surface area contributed by atoms with Crippen LogP contribution in [0.15, 0.2) is 66.5 Å². The summed E-state index contributed by atoms with van der Waals surface area (Å²) in [6, 6.07) is 13.4. The third-order valence-electron chi connectivity index (χ3n) is 7.07. The zero-order valence-electron chi connectivity index (χ0n) is 22.3. The van der Waals surface area contributed by atoms with Crippen molar-refractivity contribution in [2.45, 2.75) is 51.8 Å². The molecule has 2 aromatic carbocycles. The van der Waals surface area contributed by atoms with Gasteiger partial charge in [-0.1, -0.05) is 19.4 Å². The Balaban J connectivity index is 1.60. The van der Waals surface area contributed by atoms with Crippen LogP contribution in [0.25, 0.3) is 5.76 Å². The van der Waals surface area contributed by atoms with Gasteiger partial charge < -0.3 is 24.2 Å². The average molecular weight is 529 g/mol. The van der Waals surface area contributed by atoms with Gasteiger partial charge in [0.1, 0.15) is 17.6 Å². The Kier molecular flexibility index (Phi) is 7.54. The van der Waals surface area contributed by atoms with Crippen LogP contribution in [0.4, 0.5) is 0 Å². The van der Waals surface area contributed by atoms with Crippen LogP contribution in [0, 0.1) is 0 Å². The number of carbonyl (C=O) groups excluding carboxylic acids is 2. The Hall–Kier alpha value is -4.33. The van der Waals surface area contributed by atoms with Gasteiger partial charge in [0.2, 0.25) is 0 Å². The number of rotatable bonds is 9. The molecule has 2 atom stereocenters. The van der Waals surface area contributed by atoms with E-state index < -0.39 is 17.7 Å². The van der Waals surface area contributed by atoms with Crippen LogP contribution in [-0.4, -0.2) is 46.5 Å². The van der Waals surface area contributed by atoms with Crippen LogP contribution in [0.5, 0.6) is 17.2 Å². The van der Waals surface area contributed by atoms with Crippen LogP contribution in [0.2, 0.25) is 0 Å². The van der Waals surface area contributed by atoms with Crippen LogP contribution >= 0.6 is 0 Å². The first kappa shape index (κ1) is 26.3. The van der Waals surface area contributed by atoms with Gasteiger partial charge in [0, 0.05) is 30.9 Å². The minimum Gasteiger partial charge on any atom is -0.507 e. The predicted molar refractivity (Wildman–Crippen MR) is 146 cm³/mol. The highest BCUT2D eigenvalue weighted by atomic mass is 16.5. The Morgan fingerprint density at radius 3 is 2.64 bits per heavy atom. The van der Waals surface area contributed by atoms with E-state index in [1.54, 1.807) is 55.9 Å². The van der Waals surface area contributed by atoms with Gasteiger partial charge in [-0.25, -0.2) is 0 Å². The topological polar surface area (TPSA) is 98.2 Å². The van der Waals surface area contributed by atoms with Gasteiger partial charge in [0.15, 0.2) is 11.5 Å². The lowest BCUT2D eigenvalue weighted by Crippen LogP contribution is -2.29. The number of aromatic nitrogens is 1. The Labute approximate surface area is 227 Å². The number of amides is 1. The number of ether oxygens (including phenoxy) is 3. The standard InChI is InChI=1S/C31H32N2O6/c1-4-5-14-38-25-9-6-21(17-26(25)37-3)28-27(29(34)22-7-8-24-23(16-22)15-19(2)39-24)30(35)31(36)33(28)18-20-10-12-32-13-11-20/h6-13,16-17,19,28,34H,4-5,14-15,18H2,1-3H3/b29-27+. The van der Waals surface area contributed by atoms with Crippen molar-refractivity contribution in [2.75, 3.05) is 13.7 Å². The number of hydrogen-bond donors (Lipinski definition) is 1. The maximum absolute atomic E-state index is 13.5. The summed E-state index contributed by atoms with van der Waals surface area (Å²) in [6.45, 7) is 4.78. The van der Waals surface area contributed by atoms with E-state index in [0.717, 1.165) is 29.7 Å². The minimum absolute atomic E-state index is 0.0303. The minimum atomic E-state index is -0.833. The smallest absolute Gasteiger partial charge is 0.295 e. The fraction of sp³-hybridized carbons (Fsp3) is 0.323. The van der Waals surface area contributed by atoms with E-state index in [1.807, 2.05) is 19.1 Å². The highest BCUT2D eigenvalue weighted by Crippen LogP contribution is 2.43. The fourth-order valence-electron chi connectivity index (χ4n) is 5.10. The van der Waals surface area contributed by atoms with Crippen molar-refractivity contribution >= 4 is 17.4 Å². The molecule has 0 radical (unpaired) electrons. The summed E-state index contributed by atoms with van der Waals surface area (Å²) in [5.74, 6) is 0.185. The SMILES string of the molecule is CCCCOc1ccc(C2/C(=C(\O)c3ccc4c(c3)CC(C)O4)C(=O)C(=O)N2Cc2ccncc2)cc1OC. The normalized spacial score (nSPS) is 19.6. The van der Waals surface area contributed by atoms with Crippen LogP contribution in [0.3, 0.4) is 0 Å². The molecule has 8 nitrogen and oxygen atoms in total. The molecule has 3 aromatic rings. The van der Waals surface area contributed by atoms with E-state index in [1.165, 1.54) is 4.90 Å². The molecule has 39 heavy (non-hydrogen) atoms. The number of aliphatic hydroxyl groups excluding tert-OH is 1. The lowest BCUT2D eigenvalue weighted by molar-refractivity contribution is -0.140. The van der Waals surface area contributed by atoms with Crippen molar-refractivity contribution in [3.63, 3.8) is 0 Å². The van der Waals surface area contributed by atoms with Crippen molar-refractivity contribution in [3.05, 3.63) is 88.8 Å². The molecule has 1 fully saturated rings. The number of ketones is 1. The molecule has 2 aliphatic rings. The van der Waals surface area contributed by atoms with Gasteiger partial charge >= 0.3 is 0 Å². The second-order valence-corrected chi connectivity index (χ2v) is 9.85. The molecule has 3 heterocycles. The number of likely N-dealkylation sites (tertiary alicyclic amines) is 1. The molecule has 5 rings (SSSR count). The van der Waals surface area contributed by atoms with E-state index in [4.69, 9.17) is 14.2 Å². The van der Waals surface area contributed by atoms with Crippen molar-refractivity contribution in [1.29, 1.82) is 0 Å². The highest BCUT2D eigenvalue weighted by Gasteiger charge is 2.46. The summed E-state index contributed by atoms with van der Waals surface area (Å²) in [5, 5.41) is 11.5. The summed E-state index contributed by atoms with van der Waals surface area (Å²) in [5.41, 5.74) is 2.88. The molecule has 1 N–H and O–H groups in total. The van der Waals surface area contributed by atoms with Gasteiger partial charge in [-0.2, -0.15) is 0 Å². The van der Waals surface area contributed by atoms with E-state index in [2.05, 4.69) is 11.9 Å². The molecular weight excluding hydrogens is 496 g/mol. The largest absolute Gasteiger partial charge is 0.507 e. The second-order valence-electron chi connectivity index (χ2n) is 9.85. The van der Waals surface area contributed by atoms with E-state index >= 15 is 0 Å². The number of nitrogens with zero attached hydrogens (tertiary/aromatic N) is 2. The first-order chi connectivity index (χ1) is 18.9. The molecule has 0 saturated carbocycles. The number of pyridine rings is 1. The molecule has 1 saturated heterocycles. The molecule has 0 spiro atoms. The Morgan fingerprint density at radius 1 is 1.10 bits per heavy atom. The molecular formula is C31H32N2O6. The van der Waals surface area contributed by atoms with Crippen molar-refractivity contribution in [3.8, 4) is 17.2 Å². The molecule has 1 amide bonds. The molecule has 1 aromatic heterocycles. The summed E-state index contributed by atoms with van der Waals surface area (Å²) >= 11 is 0. The molecule has 2 unspecified atom stereocenters. The number of Topliss-reactive ketones (excluding diaryl/α,β-unsaturated/α-hetero) is 1. The van der Waals surface area contributed by atoms with E-state index in [0.29, 0.717) is 35.7 Å². The number of fused-ring (bicyclic) bond motifs is 1. The summed E-state index contributed by atoms with van der Waals surface area (Å²) < 4.78 is 17.3. The third-order valence-corrected chi connectivity index (χ3v) is 7.07. The molecule has 202 valence electrons. The maximum Gasteiger partial charge on any atom is 0.295 e. The number of aliphatic hydroxyl groups is 1. The Bertz CT molecular complexity index is 1420. The lowest BCUT2D eigenvalue weighted by Gasteiger charge is -2.26.